The van der Waals surface area contributed by atoms with E-state index >= 15 is 0 Å². The number of amides is 1. The van der Waals surface area contributed by atoms with Crippen LogP contribution in [0.1, 0.15) is 29.7 Å². The molecule has 1 atom stereocenters. The van der Waals surface area contributed by atoms with Crippen LogP contribution in [0.4, 0.5) is 4.39 Å². The quantitative estimate of drug-likeness (QED) is 0.240. The standard InChI is InChI=1S/C29H28FNO6/c1-3-36-24-17-21(11-14-23(24)37-18-19-7-5-4-6-8-19)26-25(27(32)20-9-12-22(30)13-10-20)28(33)29(34)31(26)15-16-35-2/h4-14,17,26,32H,3,15-16,18H2,1-2H3. The van der Waals surface area contributed by atoms with E-state index < -0.39 is 23.5 Å². The van der Waals surface area contributed by atoms with Crippen molar-refractivity contribution < 1.29 is 33.3 Å². The van der Waals surface area contributed by atoms with E-state index in [9.17, 15) is 19.1 Å². The van der Waals surface area contributed by atoms with Crippen LogP contribution in [0.2, 0.25) is 0 Å². The number of likely N-dealkylation sites (tertiary alicyclic amines) is 1. The maximum Gasteiger partial charge on any atom is 0.295 e. The summed E-state index contributed by atoms with van der Waals surface area (Å²) in [5.41, 5.74) is 1.67. The third-order valence-corrected chi connectivity index (χ3v) is 6.01. The average molecular weight is 506 g/mol. The number of Topliss-reactive ketones (excluding diaryl/α,β-unsaturated/α-hetero) is 1. The molecule has 0 aliphatic carbocycles. The maximum atomic E-state index is 13.5. The van der Waals surface area contributed by atoms with Crippen LogP contribution in [0.3, 0.4) is 0 Å². The van der Waals surface area contributed by atoms with Crippen molar-refractivity contribution in [1.29, 1.82) is 0 Å². The van der Waals surface area contributed by atoms with Crippen LogP contribution in [0.5, 0.6) is 11.5 Å². The van der Waals surface area contributed by atoms with Crippen LogP contribution in [0.25, 0.3) is 5.76 Å². The summed E-state index contributed by atoms with van der Waals surface area (Å²) in [6.45, 7) is 2.85. The minimum atomic E-state index is -0.900. The third-order valence-electron chi connectivity index (χ3n) is 6.01. The summed E-state index contributed by atoms with van der Waals surface area (Å²) in [5.74, 6) is -1.51. The van der Waals surface area contributed by atoms with Gasteiger partial charge < -0.3 is 24.2 Å². The lowest BCUT2D eigenvalue weighted by atomic mass is 9.95. The molecule has 0 bridgehead atoms. The Morgan fingerprint density at radius 3 is 2.38 bits per heavy atom. The van der Waals surface area contributed by atoms with Gasteiger partial charge in [-0.25, -0.2) is 4.39 Å². The van der Waals surface area contributed by atoms with E-state index in [-0.39, 0.29) is 30.0 Å². The molecule has 1 N–H and O–H groups in total. The molecular weight excluding hydrogens is 477 g/mol. The molecule has 0 radical (unpaired) electrons. The number of ketones is 1. The van der Waals surface area contributed by atoms with Gasteiger partial charge in [0, 0.05) is 19.2 Å². The van der Waals surface area contributed by atoms with E-state index in [1.54, 1.807) is 18.2 Å². The Morgan fingerprint density at radius 1 is 0.973 bits per heavy atom. The topological polar surface area (TPSA) is 85.3 Å². The number of carbonyl (C=O) groups excluding carboxylic acids is 2. The smallest absolute Gasteiger partial charge is 0.295 e. The molecule has 1 amide bonds. The maximum absolute atomic E-state index is 13.5. The second kappa shape index (κ2) is 11.7. The van der Waals surface area contributed by atoms with Crippen molar-refractivity contribution >= 4 is 17.4 Å². The molecule has 0 spiro atoms. The number of hydrogen-bond acceptors (Lipinski definition) is 6. The number of halogens is 1. The van der Waals surface area contributed by atoms with Gasteiger partial charge in [-0.2, -0.15) is 0 Å². The molecule has 1 unspecified atom stereocenters. The van der Waals surface area contributed by atoms with Gasteiger partial charge in [-0.05, 0) is 54.4 Å². The lowest BCUT2D eigenvalue weighted by molar-refractivity contribution is -0.140. The minimum Gasteiger partial charge on any atom is -0.507 e. The van der Waals surface area contributed by atoms with Crippen molar-refractivity contribution in [1.82, 2.24) is 4.90 Å². The Hall–Kier alpha value is -4.17. The molecule has 1 aliphatic heterocycles. The molecule has 7 nitrogen and oxygen atoms in total. The first-order chi connectivity index (χ1) is 17.9. The van der Waals surface area contributed by atoms with Crippen molar-refractivity contribution in [2.45, 2.75) is 19.6 Å². The predicted octanol–water partition coefficient (Wildman–Crippen LogP) is 4.87. The molecule has 192 valence electrons. The number of aliphatic hydroxyl groups is 1. The molecule has 1 heterocycles. The lowest BCUT2D eigenvalue weighted by Gasteiger charge is -2.26. The summed E-state index contributed by atoms with van der Waals surface area (Å²) in [6.07, 6.45) is 0. The Morgan fingerprint density at radius 2 is 1.70 bits per heavy atom. The molecule has 1 fully saturated rings. The Bertz CT molecular complexity index is 1290. The number of rotatable bonds is 10. The summed E-state index contributed by atoms with van der Waals surface area (Å²) in [6, 6.07) is 19.0. The SMILES string of the molecule is CCOc1cc(C2C(=C(O)c3ccc(F)cc3)C(=O)C(=O)N2CCOC)ccc1OCc1ccccc1. The lowest BCUT2D eigenvalue weighted by Crippen LogP contribution is -2.32. The molecule has 37 heavy (non-hydrogen) atoms. The zero-order valence-electron chi connectivity index (χ0n) is 20.6. The molecular formula is C29H28FNO6. The number of carbonyl (C=O) groups is 2. The Kier molecular flexibility index (Phi) is 8.20. The second-order valence-corrected chi connectivity index (χ2v) is 8.41. The number of benzene rings is 3. The largest absolute Gasteiger partial charge is 0.507 e. The van der Waals surface area contributed by atoms with Gasteiger partial charge in [-0.3, -0.25) is 9.59 Å². The summed E-state index contributed by atoms with van der Waals surface area (Å²) < 4.78 is 30.4. The van der Waals surface area contributed by atoms with Crippen LogP contribution >= 0.6 is 0 Å². The zero-order valence-corrected chi connectivity index (χ0v) is 20.6. The number of aliphatic hydroxyl groups excluding tert-OH is 1. The van der Waals surface area contributed by atoms with Gasteiger partial charge in [-0.1, -0.05) is 36.4 Å². The fourth-order valence-electron chi connectivity index (χ4n) is 4.23. The van der Waals surface area contributed by atoms with Crippen molar-refractivity contribution in [3.05, 3.63) is 101 Å². The van der Waals surface area contributed by atoms with E-state index in [1.165, 1.54) is 36.3 Å². The average Bonchev–Trinajstić information content (AvgIpc) is 3.17. The number of hydrogen-bond donors (Lipinski definition) is 1. The fourth-order valence-corrected chi connectivity index (χ4v) is 4.23. The van der Waals surface area contributed by atoms with Gasteiger partial charge in [0.05, 0.1) is 24.8 Å². The van der Waals surface area contributed by atoms with E-state index in [0.29, 0.717) is 30.3 Å². The van der Waals surface area contributed by atoms with Gasteiger partial charge in [0.25, 0.3) is 11.7 Å². The highest BCUT2D eigenvalue weighted by molar-refractivity contribution is 6.46. The normalized spacial score (nSPS) is 16.7. The molecule has 0 saturated carbocycles. The molecule has 0 aromatic heterocycles. The Balaban J connectivity index is 1.76. The van der Waals surface area contributed by atoms with Crippen LogP contribution in [-0.4, -0.2) is 48.6 Å². The highest BCUT2D eigenvalue weighted by Gasteiger charge is 2.46. The highest BCUT2D eigenvalue weighted by Crippen LogP contribution is 2.42. The van der Waals surface area contributed by atoms with Crippen molar-refractivity contribution in [3.63, 3.8) is 0 Å². The molecule has 8 heteroatoms. The first-order valence-electron chi connectivity index (χ1n) is 11.9. The predicted molar refractivity (Wildman–Crippen MR) is 136 cm³/mol. The first kappa shape index (κ1) is 25.9. The Labute approximate surface area is 214 Å². The fraction of sp³-hybridized carbons (Fsp3) is 0.241. The molecule has 3 aromatic carbocycles. The third kappa shape index (κ3) is 5.65. The van der Waals surface area contributed by atoms with Gasteiger partial charge in [0.15, 0.2) is 11.5 Å². The molecule has 1 saturated heterocycles. The molecule has 4 rings (SSSR count). The first-order valence-corrected chi connectivity index (χ1v) is 11.9. The zero-order chi connectivity index (χ0) is 26.4. The van der Waals surface area contributed by atoms with Gasteiger partial charge in [0.1, 0.15) is 18.2 Å². The minimum absolute atomic E-state index is 0.0897. The van der Waals surface area contributed by atoms with Crippen molar-refractivity contribution in [2.24, 2.45) is 0 Å². The molecule has 3 aromatic rings. The van der Waals surface area contributed by atoms with Gasteiger partial charge in [0.2, 0.25) is 0 Å². The van der Waals surface area contributed by atoms with Crippen LogP contribution in [-0.2, 0) is 20.9 Å². The number of nitrogens with zero attached hydrogens (tertiary/aromatic N) is 1. The van der Waals surface area contributed by atoms with E-state index in [1.807, 2.05) is 37.3 Å². The van der Waals surface area contributed by atoms with Gasteiger partial charge >= 0.3 is 0 Å². The van der Waals surface area contributed by atoms with E-state index in [4.69, 9.17) is 14.2 Å². The summed E-state index contributed by atoms with van der Waals surface area (Å²) in [7, 11) is 1.50. The van der Waals surface area contributed by atoms with Crippen molar-refractivity contribution in [2.75, 3.05) is 26.9 Å². The van der Waals surface area contributed by atoms with Crippen LogP contribution in [0.15, 0.2) is 78.4 Å². The van der Waals surface area contributed by atoms with Gasteiger partial charge in [-0.15, -0.1) is 0 Å². The summed E-state index contributed by atoms with van der Waals surface area (Å²) >= 11 is 0. The number of methoxy groups -OCH3 is 1. The monoisotopic (exact) mass is 505 g/mol. The summed E-state index contributed by atoms with van der Waals surface area (Å²) in [5, 5.41) is 11.1. The van der Waals surface area contributed by atoms with E-state index in [2.05, 4.69) is 0 Å². The number of ether oxygens (including phenoxy) is 3. The van der Waals surface area contributed by atoms with Crippen LogP contribution in [0, 0.1) is 5.82 Å². The second-order valence-electron chi connectivity index (χ2n) is 8.41. The van der Waals surface area contributed by atoms with Crippen LogP contribution < -0.4 is 9.47 Å². The summed E-state index contributed by atoms with van der Waals surface area (Å²) in [4.78, 5) is 27.5. The van der Waals surface area contributed by atoms with E-state index in [0.717, 1.165) is 5.56 Å². The molecule has 1 aliphatic rings. The van der Waals surface area contributed by atoms with Crippen molar-refractivity contribution in [3.8, 4) is 11.5 Å². The highest BCUT2D eigenvalue weighted by atomic mass is 19.1.